The second kappa shape index (κ2) is 12.7. The first-order chi connectivity index (χ1) is 14.4. The van der Waals surface area contributed by atoms with Gasteiger partial charge in [0, 0.05) is 23.4 Å². The zero-order valence-electron chi connectivity index (χ0n) is 17.9. The Morgan fingerprint density at radius 2 is 1.70 bits per heavy atom. The minimum absolute atomic E-state index is 0.0169. The van der Waals surface area contributed by atoms with E-state index in [0.29, 0.717) is 17.3 Å². The van der Waals surface area contributed by atoms with Gasteiger partial charge in [0.15, 0.2) is 0 Å². The highest BCUT2D eigenvalue weighted by atomic mass is 35.5. The van der Waals surface area contributed by atoms with Crippen LogP contribution in [-0.2, 0) is 21.8 Å². The molecule has 0 saturated carbocycles. The van der Waals surface area contributed by atoms with Crippen molar-refractivity contribution < 1.29 is 9.59 Å². The van der Waals surface area contributed by atoms with E-state index in [9.17, 15) is 9.59 Å². The summed E-state index contributed by atoms with van der Waals surface area (Å²) in [5.74, 6) is 0.937. The van der Waals surface area contributed by atoms with Gasteiger partial charge in [-0.1, -0.05) is 61.0 Å². The highest BCUT2D eigenvalue weighted by Gasteiger charge is 2.26. The van der Waals surface area contributed by atoms with Crippen LogP contribution in [0.1, 0.15) is 38.3 Å². The molecule has 0 aliphatic heterocycles. The summed E-state index contributed by atoms with van der Waals surface area (Å²) in [6, 6.07) is 17.3. The normalized spacial score (nSPS) is 12.8. The number of hydrogen-bond acceptors (Lipinski definition) is 3. The van der Waals surface area contributed by atoms with Crippen molar-refractivity contribution in [2.24, 2.45) is 0 Å². The van der Waals surface area contributed by atoms with Gasteiger partial charge in [-0.05, 0) is 49.9 Å². The number of halogens is 1. The van der Waals surface area contributed by atoms with Crippen molar-refractivity contribution in [3.8, 4) is 0 Å². The van der Waals surface area contributed by atoms with Gasteiger partial charge in [0.2, 0.25) is 11.8 Å². The van der Waals surface area contributed by atoms with Gasteiger partial charge in [-0.2, -0.15) is 0 Å². The van der Waals surface area contributed by atoms with Crippen molar-refractivity contribution in [3.63, 3.8) is 0 Å². The largest absolute Gasteiger partial charge is 0.352 e. The van der Waals surface area contributed by atoms with Crippen LogP contribution in [0, 0.1) is 0 Å². The number of benzene rings is 2. The first-order valence-corrected chi connectivity index (χ1v) is 11.9. The molecule has 30 heavy (non-hydrogen) atoms. The van der Waals surface area contributed by atoms with Gasteiger partial charge >= 0.3 is 0 Å². The molecule has 1 N–H and O–H groups in total. The van der Waals surface area contributed by atoms with E-state index in [4.69, 9.17) is 11.6 Å². The number of nitrogens with one attached hydrogen (secondary N) is 1. The highest BCUT2D eigenvalue weighted by Crippen LogP contribution is 2.17. The molecule has 4 nitrogen and oxygen atoms in total. The topological polar surface area (TPSA) is 49.4 Å². The van der Waals surface area contributed by atoms with E-state index in [1.165, 1.54) is 0 Å². The summed E-state index contributed by atoms with van der Waals surface area (Å²) in [5, 5.41) is 3.70. The minimum atomic E-state index is -0.508. The molecule has 6 heteroatoms. The van der Waals surface area contributed by atoms with Crippen LogP contribution in [0.15, 0.2) is 54.6 Å². The van der Waals surface area contributed by atoms with Crippen molar-refractivity contribution in [2.45, 2.75) is 51.4 Å². The molecule has 2 rings (SSSR count). The van der Waals surface area contributed by atoms with Gasteiger partial charge in [-0.25, -0.2) is 0 Å². The molecule has 0 fully saturated rings. The van der Waals surface area contributed by atoms with Crippen molar-refractivity contribution in [3.05, 3.63) is 70.7 Å². The molecule has 0 aromatic heterocycles. The van der Waals surface area contributed by atoms with Crippen LogP contribution < -0.4 is 5.32 Å². The van der Waals surface area contributed by atoms with Crippen molar-refractivity contribution >= 4 is 35.2 Å². The van der Waals surface area contributed by atoms with Gasteiger partial charge < -0.3 is 10.2 Å². The Labute approximate surface area is 189 Å². The third-order valence-corrected chi connectivity index (χ3v) is 6.30. The highest BCUT2D eigenvalue weighted by molar-refractivity contribution is 7.99. The third kappa shape index (κ3) is 8.04. The Kier molecular flexibility index (Phi) is 10.2. The lowest BCUT2D eigenvalue weighted by molar-refractivity contribution is -0.138. The van der Waals surface area contributed by atoms with Crippen LogP contribution in [0.2, 0.25) is 5.02 Å². The number of carbonyl (C=O) groups is 2. The van der Waals surface area contributed by atoms with E-state index in [0.717, 1.165) is 29.7 Å². The first kappa shape index (κ1) is 24.3. The maximum atomic E-state index is 13.0. The fraction of sp³-hybridized carbons (Fsp3) is 0.417. The van der Waals surface area contributed by atoms with Gasteiger partial charge in [0.25, 0.3) is 0 Å². The van der Waals surface area contributed by atoms with Crippen molar-refractivity contribution in [1.29, 1.82) is 0 Å². The van der Waals surface area contributed by atoms with E-state index in [2.05, 4.69) is 5.32 Å². The summed E-state index contributed by atoms with van der Waals surface area (Å²) in [4.78, 5) is 27.4. The maximum absolute atomic E-state index is 13.0. The molecule has 2 aromatic rings. The van der Waals surface area contributed by atoms with Crippen molar-refractivity contribution in [2.75, 3.05) is 12.3 Å². The summed E-state index contributed by atoms with van der Waals surface area (Å²) in [6.07, 6.45) is 1.57. The molecule has 0 radical (unpaired) electrons. The van der Waals surface area contributed by atoms with Crippen LogP contribution in [0.4, 0.5) is 0 Å². The minimum Gasteiger partial charge on any atom is -0.352 e. The zero-order chi connectivity index (χ0) is 21.9. The predicted molar refractivity (Wildman–Crippen MR) is 127 cm³/mol. The summed E-state index contributed by atoms with van der Waals surface area (Å²) < 4.78 is 0. The fourth-order valence-corrected chi connectivity index (χ4v) is 3.95. The molecule has 0 aliphatic carbocycles. The van der Waals surface area contributed by atoms with E-state index in [1.807, 2.05) is 75.4 Å². The number of amides is 2. The second-order valence-corrected chi connectivity index (χ2v) is 8.86. The van der Waals surface area contributed by atoms with Gasteiger partial charge in [-0.15, -0.1) is 11.8 Å². The molecule has 0 unspecified atom stereocenters. The SMILES string of the molecule is CC[C@H](C)NC(=O)[C@H](C)N(CCc1ccccc1)C(=O)CSCc1ccc(Cl)cc1. The lowest BCUT2D eigenvalue weighted by atomic mass is 10.1. The smallest absolute Gasteiger partial charge is 0.242 e. The molecule has 2 amide bonds. The van der Waals surface area contributed by atoms with Gasteiger partial charge in [-0.3, -0.25) is 9.59 Å². The average molecular weight is 447 g/mol. The molecule has 0 heterocycles. The molecular weight excluding hydrogens is 416 g/mol. The number of carbonyl (C=O) groups excluding carboxylic acids is 2. The van der Waals surface area contributed by atoms with E-state index in [-0.39, 0.29) is 17.9 Å². The Hall–Kier alpha value is -1.98. The lowest BCUT2D eigenvalue weighted by Gasteiger charge is -2.29. The maximum Gasteiger partial charge on any atom is 0.242 e. The molecule has 2 atom stereocenters. The van der Waals surface area contributed by atoms with Gasteiger partial charge in [0.1, 0.15) is 6.04 Å². The van der Waals surface area contributed by atoms with Crippen LogP contribution >= 0.6 is 23.4 Å². The number of hydrogen-bond donors (Lipinski definition) is 1. The lowest BCUT2D eigenvalue weighted by Crippen LogP contribution is -2.51. The molecule has 0 aliphatic rings. The average Bonchev–Trinajstić information content (AvgIpc) is 2.75. The third-order valence-electron chi connectivity index (χ3n) is 5.06. The Morgan fingerprint density at radius 3 is 2.33 bits per heavy atom. The van der Waals surface area contributed by atoms with E-state index >= 15 is 0 Å². The predicted octanol–water partition coefficient (Wildman–Crippen LogP) is 4.95. The molecule has 162 valence electrons. The van der Waals surface area contributed by atoms with Crippen LogP contribution in [-0.4, -0.2) is 41.1 Å². The van der Waals surface area contributed by atoms with Crippen molar-refractivity contribution in [1.82, 2.24) is 10.2 Å². The van der Waals surface area contributed by atoms with Crippen LogP contribution in [0.3, 0.4) is 0 Å². The van der Waals surface area contributed by atoms with E-state index in [1.54, 1.807) is 16.7 Å². The number of rotatable bonds is 11. The summed E-state index contributed by atoms with van der Waals surface area (Å²) in [7, 11) is 0. The standard InChI is InChI=1S/C24H31ClN2O2S/c1-4-18(2)26-24(29)19(3)27(15-14-20-8-6-5-7-9-20)23(28)17-30-16-21-10-12-22(25)13-11-21/h5-13,18-19H,4,14-17H2,1-3H3,(H,26,29)/t18-,19-/m0/s1. The summed E-state index contributed by atoms with van der Waals surface area (Å²) in [6.45, 7) is 6.33. The molecule has 0 saturated heterocycles. The summed E-state index contributed by atoms with van der Waals surface area (Å²) >= 11 is 7.48. The zero-order valence-corrected chi connectivity index (χ0v) is 19.5. The molecule has 2 aromatic carbocycles. The Morgan fingerprint density at radius 1 is 1.03 bits per heavy atom. The number of nitrogens with zero attached hydrogens (tertiary/aromatic N) is 1. The summed E-state index contributed by atoms with van der Waals surface area (Å²) in [5.41, 5.74) is 2.27. The number of thioether (sulfide) groups is 1. The Bertz CT molecular complexity index is 799. The van der Waals surface area contributed by atoms with Crippen LogP contribution in [0.25, 0.3) is 0 Å². The molecule has 0 bridgehead atoms. The monoisotopic (exact) mass is 446 g/mol. The fourth-order valence-electron chi connectivity index (χ4n) is 2.96. The van der Waals surface area contributed by atoms with Crippen LogP contribution in [0.5, 0.6) is 0 Å². The molecule has 0 spiro atoms. The first-order valence-electron chi connectivity index (χ1n) is 10.4. The quantitative estimate of drug-likeness (QED) is 0.531. The van der Waals surface area contributed by atoms with E-state index < -0.39 is 6.04 Å². The molecular formula is C24H31ClN2O2S. The van der Waals surface area contributed by atoms with Gasteiger partial charge in [0.05, 0.1) is 5.75 Å². The Balaban J connectivity index is 1.99. The second-order valence-electron chi connectivity index (χ2n) is 7.44.